The van der Waals surface area contributed by atoms with Crippen molar-refractivity contribution < 1.29 is 10.2 Å². The molecule has 1 aliphatic rings. The third-order valence-electron chi connectivity index (χ3n) is 3.65. The van der Waals surface area contributed by atoms with E-state index in [0.29, 0.717) is 29.8 Å². The van der Waals surface area contributed by atoms with E-state index in [1.54, 1.807) is 6.33 Å². The van der Waals surface area contributed by atoms with Crippen LogP contribution in [0.5, 0.6) is 0 Å². The first-order valence-corrected chi connectivity index (χ1v) is 5.92. The van der Waals surface area contributed by atoms with Crippen LogP contribution in [0.25, 0.3) is 11.2 Å². The number of rotatable bonds is 2. The van der Waals surface area contributed by atoms with Crippen LogP contribution in [-0.2, 0) is 0 Å². The zero-order valence-electron chi connectivity index (χ0n) is 9.77. The van der Waals surface area contributed by atoms with Gasteiger partial charge in [0.15, 0.2) is 11.5 Å². The van der Waals surface area contributed by atoms with Gasteiger partial charge in [0, 0.05) is 18.6 Å². The van der Waals surface area contributed by atoms with E-state index < -0.39 is 6.10 Å². The molecule has 1 saturated carbocycles. The first kappa shape index (κ1) is 11.4. The molecule has 0 unspecified atom stereocenters. The number of nitrogens with two attached hydrogens (primary N) is 1. The van der Waals surface area contributed by atoms with Crippen LogP contribution in [0, 0.1) is 5.92 Å². The molecule has 0 saturated heterocycles. The molecule has 7 nitrogen and oxygen atoms in total. The van der Waals surface area contributed by atoms with Crippen LogP contribution in [0.4, 0.5) is 5.82 Å². The van der Waals surface area contributed by atoms with Crippen LogP contribution in [0.15, 0.2) is 12.7 Å². The molecule has 3 rings (SSSR count). The fraction of sp³-hybridized carbons (Fsp3) is 0.545. The number of fused-ring (bicyclic) bond motifs is 1. The van der Waals surface area contributed by atoms with Crippen molar-refractivity contribution in [2.45, 2.75) is 25.0 Å². The molecular weight excluding hydrogens is 234 g/mol. The number of imidazole rings is 1. The molecule has 3 atom stereocenters. The van der Waals surface area contributed by atoms with Gasteiger partial charge >= 0.3 is 0 Å². The Morgan fingerprint density at radius 3 is 2.89 bits per heavy atom. The summed E-state index contributed by atoms with van der Waals surface area (Å²) >= 11 is 0. The highest BCUT2D eigenvalue weighted by Gasteiger charge is 2.34. The minimum Gasteiger partial charge on any atom is -0.396 e. The smallest absolute Gasteiger partial charge is 0.165 e. The van der Waals surface area contributed by atoms with Crippen LogP contribution >= 0.6 is 0 Å². The Balaban J connectivity index is 1.99. The summed E-state index contributed by atoms with van der Waals surface area (Å²) in [5.74, 6) is 0.280. The molecule has 1 fully saturated rings. The number of aromatic nitrogens is 4. The molecule has 2 heterocycles. The second-order valence-electron chi connectivity index (χ2n) is 4.72. The van der Waals surface area contributed by atoms with E-state index in [2.05, 4.69) is 15.0 Å². The highest BCUT2D eigenvalue weighted by molar-refractivity contribution is 5.81. The Morgan fingerprint density at radius 1 is 1.33 bits per heavy atom. The summed E-state index contributed by atoms with van der Waals surface area (Å²) in [4.78, 5) is 12.3. The fourth-order valence-electron chi connectivity index (χ4n) is 2.63. The van der Waals surface area contributed by atoms with Gasteiger partial charge in [0.1, 0.15) is 11.8 Å². The standard InChI is InChI=1S/C11H15N5O2/c12-10-9-11(14-4-13-10)16(5-15-9)7-1-6(3-17)8(18)2-7/h4-8,17-18H,1-3H2,(H2,12,13,14)/t6-,7-,8+/m0/s1. The molecule has 0 bridgehead atoms. The van der Waals surface area contributed by atoms with Crippen LogP contribution in [0.2, 0.25) is 0 Å². The first-order valence-electron chi connectivity index (χ1n) is 5.92. The molecule has 0 spiro atoms. The Labute approximate surface area is 103 Å². The predicted molar refractivity (Wildman–Crippen MR) is 64.6 cm³/mol. The second-order valence-corrected chi connectivity index (χ2v) is 4.72. The molecule has 2 aromatic rings. The van der Waals surface area contributed by atoms with Gasteiger partial charge in [0.05, 0.1) is 12.4 Å². The molecule has 1 aliphatic carbocycles. The van der Waals surface area contributed by atoms with E-state index in [4.69, 9.17) is 5.73 Å². The van der Waals surface area contributed by atoms with Crippen molar-refractivity contribution in [2.24, 2.45) is 5.92 Å². The van der Waals surface area contributed by atoms with Crippen LogP contribution < -0.4 is 5.73 Å². The lowest BCUT2D eigenvalue weighted by Crippen LogP contribution is -2.16. The topological polar surface area (TPSA) is 110 Å². The number of hydrogen-bond donors (Lipinski definition) is 3. The lowest BCUT2D eigenvalue weighted by Gasteiger charge is -2.11. The van der Waals surface area contributed by atoms with Crippen molar-refractivity contribution in [2.75, 3.05) is 12.3 Å². The van der Waals surface area contributed by atoms with Gasteiger partial charge in [-0.15, -0.1) is 0 Å². The van der Waals surface area contributed by atoms with Crippen molar-refractivity contribution in [1.29, 1.82) is 0 Å². The highest BCUT2D eigenvalue weighted by atomic mass is 16.3. The average molecular weight is 249 g/mol. The molecule has 0 radical (unpaired) electrons. The first-order chi connectivity index (χ1) is 8.70. The number of aliphatic hydroxyl groups is 2. The van der Waals surface area contributed by atoms with Crippen molar-refractivity contribution in [3.8, 4) is 0 Å². The molecular formula is C11H15N5O2. The number of nitrogen functional groups attached to an aromatic ring is 1. The van der Waals surface area contributed by atoms with Gasteiger partial charge in [0.25, 0.3) is 0 Å². The van der Waals surface area contributed by atoms with E-state index in [-0.39, 0.29) is 18.6 Å². The molecule has 7 heteroatoms. The molecule has 0 aromatic carbocycles. The summed E-state index contributed by atoms with van der Waals surface area (Å²) in [5, 5.41) is 19.0. The van der Waals surface area contributed by atoms with Crippen molar-refractivity contribution in [1.82, 2.24) is 19.5 Å². The largest absolute Gasteiger partial charge is 0.396 e. The Kier molecular flexibility index (Phi) is 2.64. The maximum absolute atomic E-state index is 9.83. The summed E-state index contributed by atoms with van der Waals surface area (Å²) in [5.41, 5.74) is 6.99. The van der Waals surface area contributed by atoms with Crippen molar-refractivity contribution in [3.05, 3.63) is 12.7 Å². The fourth-order valence-corrected chi connectivity index (χ4v) is 2.63. The van der Waals surface area contributed by atoms with Gasteiger partial charge in [-0.2, -0.15) is 0 Å². The van der Waals surface area contributed by atoms with Gasteiger partial charge in [-0.05, 0) is 12.8 Å². The third-order valence-corrected chi connectivity index (χ3v) is 3.65. The van der Waals surface area contributed by atoms with E-state index in [9.17, 15) is 10.2 Å². The molecule has 4 N–H and O–H groups in total. The number of hydrogen-bond acceptors (Lipinski definition) is 6. The molecule has 96 valence electrons. The van der Waals surface area contributed by atoms with Gasteiger partial charge in [-0.25, -0.2) is 15.0 Å². The van der Waals surface area contributed by atoms with E-state index in [1.165, 1.54) is 6.33 Å². The maximum Gasteiger partial charge on any atom is 0.165 e. The molecule has 18 heavy (non-hydrogen) atoms. The van der Waals surface area contributed by atoms with Gasteiger partial charge in [-0.1, -0.05) is 0 Å². The van der Waals surface area contributed by atoms with Crippen LogP contribution in [-0.4, -0.2) is 42.4 Å². The second kappa shape index (κ2) is 4.18. The summed E-state index contributed by atoms with van der Waals surface area (Å²) in [6, 6.07) is 0.0939. The summed E-state index contributed by atoms with van der Waals surface area (Å²) in [7, 11) is 0. The lowest BCUT2D eigenvalue weighted by atomic mass is 10.1. The summed E-state index contributed by atoms with van der Waals surface area (Å²) in [6.45, 7) is 0.00141. The number of aliphatic hydroxyl groups excluding tert-OH is 2. The number of anilines is 1. The van der Waals surface area contributed by atoms with E-state index in [1.807, 2.05) is 4.57 Å². The van der Waals surface area contributed by atoms with Crippen molar-refractivity contribution in [3.63, 3.8) is 0 Å². The van der Waals surface area contributed by atoms with Gasteiger partial charge < -0.3 is 20.5 Å². The Bertz CT molecular complexity index is 570. The van der Waals surface area contributed by atoms with Crippen LogP contribution in [0.1, 0.15) is 18.9 Å². The zero-order valence-corrected chi connectivity index (χ0v) is 9.77. The minimum atomic E-state index is -0.475. The minimum absolute atomic E-state index is 0.00141. The van der Waals surface area contributed by atoms with Crippen molar-refractivity contribution >= 4 is 17.0 Å². The zero-order chi connectivity index (χ0) is 12.7. The normalized spacial score (nSPS) is 28.0. The van der Waals surface area contributed by atoms with Crippen LogP contribution in [0.3, 0.4) is 0 Å². The van der Waals surface area contributed by atoms with E-state index in [0.717, 1.165) is 0 Å². The third kappa shape index (κ3) is 1.63. The summed E-state index contributed by atoms with van der Waals surface area (Å²) < 4.78 is 1.91. The average Bonchev–Trinajstić information content (AvgIpc) is 2.93. The monoisotopic (exact) mass is 249 g/mol. The molecule has 2 aromatic heterocycles. The maximum atomic E-state index is 9.83. The summed E-state index contributed by atoms with van der Waals surface area (Å²) in [6.07, 6.45) is 3.92. The number of nitrogens with zero attached hydrogens (tertiary/aromatic N) is 4. The van der Waals surface area contributed by atoms with Gasteiger partial charge in [0.2, 0.25) is 0 Å². The predicted octanol–water partition coefficient (Wildman–Crippen LogP) is -0.287. The Hall–Kier alpha value is -1.73. The van der Waals surface area contributed by atoms with Gasteiger partial charge in [-0.3, -0.25) is 0 Å². The highest BCUT2D eigenvalue weighted by Crippen LogP contribution is 2.36. The molecule has 0 amide bonds. The van der Waals surface area contributed by atoms with E-state index >= 15 is 0 Å². The quantitative estimate of drug-likeness (QED) is 0.674. The molecule has 0 aliphatic heterocycles. The lowest BCUT2D eigenvalue weighted by molar-refractivity contribution is 0.0906. The SMILES string of the molecule is Nc1ncnc2c1ncn2[C@H]1C[C@@H](CO)[C@H](O)C1. The Morgan fingerprint density at radius 2 is 2.17 bits per heavy atom.